The Kier molecular flexibility index (Phi) is 5.68. The largest absolute Gasteiger partial charge is 0.192 e. The van der Waals surface area contributed by atoms with Crippen LogP contribution in [0.2, 0.25) is 0 Å². The number of thioether (sulfide) groups is 1. The van der Waals surface area contributed by atoms with Gasteiger partial charge in [0.25, 0.3) is 0 Å². The molecule has 0 radical (unpaired) electrons. The minimum atomic E-state index is 0.544. The lowest BCUT2D eigenvalue weighted by atomic mass is 10.2. The first-order valence-corrected chi connectivity index (χ1v) is 4.80. The van der Waals surface area contributed by atoms with Crippen molar-refractivity contribution in [2.24, 2.45) is 0 Å². The number of hydrogen-bond donors (Lipinski definition) is 0. The molecule has 0 saturated heterocycles. The quantitative estimate of drug-likeness (QED) is 0.474. The molecular weight excluding hydrogens is 154 g/mol. The van der Waals surface area contributed by atoms with E-state index in [9.17, 15) is 0 Å². The minimum Gasteiger partial charge on any atom is -0.192 e. The lowest BCUT2D eigenvalue weighted by Crippen LogP contribution is -1.77. The zero-order valence-electron chi connectivity index (χ0n) is 7.05. The van der Waals surface area contributed by atoms with Gasteiger partial charge in [0.05, 0.1) is 6.07 Å². The average molecular weight is 167 g/mol. The Balaban J connectivity index is 4.13. The summed E-state index contributed by atoms with van der Waals surface area (Å²) in [5.74, 6) is 0. The molecule has 0 bridgehead atoms. The Bertz CT molecular complexity index is 198. The third-order valence-corrected chi connectivity index (χ3v) is 2.08. The normalized spacial score (nSPS) is 10.8. The number of hydrogen-bond acceptors (Lipinski definition) is 2. The lowest BCUT2D eigenvalue weighted by Gasteiger charge is -1.99. The second-order valence-electron chi connectivity index (χ2n) is 2.20. The highest BCUT2D eigenvalue weighted by Gasteiger charge is 1.93. The highest BCUT2D eigenvalue weighted by atomic mass is 32.2. The van der Waals surface area contributed by atoms with Gasteiger partial charge in [-0.1, -0.05) is 19.9 Å². The second-order valence-corrected chi connectivity index (χ2v) is 3.13. The maximum absolute atomic E-state index is 8.44. The molecule has 0 amide bonds. The highest BCUT2D eigenvalue weighted by Crippen LogP contribution is 2.18. The topological polar surface area (TPSA) is 23.8 Å². The van der Waals surface area contributed by atoms with Crippen molar-refractivity contribution in [2.45, 2.75) is 19.8 Å². The first-order chi connectivity index (χ1) is 5.24. The molecule has 0 rings (SSSR count). The van der Waals surface area contributed by atoms with E-state index in [0.29, 0.717) is 5.57 Å². The van der Waals surface area contributed by atoms with Gasteiger partial charge in [-0.2, -0.15) is 5.26 Å². The van der Waals surface area contributed by atoms with Crippen LogP contribution in [-0.2, 0) is 0 Å². The molecule has 2 heteroatoms. The van der Waals surface area contributed by atoms with Crippen molar-refractivity contribution in [3.05, 3.63) is 23.1 Å². The molecular formula is C9H13NS. The summed E-state index contributed by atoms with van der Waals surface area (Å²) in [7, 11) is 0. The Morgan fingerprint density at radius 3 is 2.73 bits per heavy atom. The molecule has 0 atom stereocenters. The summed E-state index contributed by atoms with van der Waals surface area (Å²) in [4.78, 5) is 1.24. The molecule has 0 saturated carbocycles. The lowest BCUT2D eigenvalue weighted by molar-refractivity contribution is 0.947. The number of allylic oxidation sites excluding steroid dienone is 3. The molecule has 0 aromatic heterocycles. The maximum Gasteiger partial charge on any atom is 0.0985 e. The monoisotopic (exact) mass is 167 g/mol. The molecule has 0 aromatic carbocycles. The summed E-state index contributed by atoms with van der Waals surface area (Å²) < 4.78 is 0. The molecule has 0 N–H and O–H groups in total. The van der Waals surface area contributed by atoms with Gasteiger partial charge in [-0.05, 0) is 23.7 Å². The fourth-order valence-electron chi connectivity index (χ4n) is 0.706. The van der Waals surface area contributed by atoms with Gasteiger partial charge in [0.15, 0.2) is 0 Å². The standard InChI is InChI=1S/C9H13NS/c1-4-5-9(11-3)6-8(2)7-10/h6H,2,4-5H2,1,3H3/b9-6-. The van der Waals surface area contributed by atoms with Crippen LogP contribution >= 0.6 is 11.8 Å². The Morgan fingerprint density at radius 1 is 1.73 bits per heavy atom. The van der Waals surface area contributed by atoms with Crippen molar-refractivity contribution >= 4 is 11.8 Å². The summed E-state index contributed by atoms with van der Waals surface area (Å²) >= 11 is 1.69. The number of nitrogens with zero attached hydrogens (tertiary/aromatic N) is 1. The molecule has 0 heterocycles. The van der Waals surface area contributed by atoms with E-state index >= 15 is 0 Å². The van der Waals surface area contributed by atoms with E-state index in [1.165, 1.54) is 4.91 Å². The Hall–Kier alpha value is -0.680. The number of rotatable bonds is 4. The molecule has 0 aliphatic carbocycles. The third-order valence-electron chi connectivity index (χ3n) is 1.24. The van der Waals surface area contributed by atoms with E-state index < -0.39 is 0 Å². The zero-order chi connectivity index (χ0) is 8.69. The van der Waals surface area contributed by atoms with Crippen LogP contribution in [0.5, 0.6) is 0 Å². The van der Waals surface area contributed by atoms with E-state index in [2.05, 4.69) is 13.5 Å². The van der Waals surface area contributed by atoms with Crippen LogP contribution in [0.1, 0.15) is 19.8 Å². The predicted molar refractivity (Wildman–Crippen MR) is 51.3 cm³/mol. The second kappa shape index (κ2) is 6.06. The van der Waals surface area contributed by atoms with Crippen LogP contribution in [0.25, 0.3) is 0 Å². The van der Waals surface area contributed by atoms with E-state index in [1.54, 1.807) is 11.8 Å². The van der Waals surface area contributed by atoms with Gasteiger partial charge in [0, 0.05) is 5.57 Å². The molecule has 0 unspecified atom stereocenters. The van der Waals surface area contributed by atoms with E-state index in [4.69, 9.17) is 5.26 Å². The molecule has 0 aromatic rings. The van der Waals surface area contributed by atoms with Crippen molar-refractivity contribution < 1.29 is 0 Å². The maximum atomic E-state index is 8.44. The van der Waals surface area contributed by atoms with E-state index in [0.717, 1.165) is 12.8 Å². The molecule has 1 nitrogen and oxygen atoms in total. The van der Waals surface area contributed by atoms with Crippen LogP contribution in [0.15, 0.2) is 23.1 Å². The van der Waals surface area contributed by atoms with Crippen molar-refractivity contribution in [3.8, 4) is 6.07 Å². The fraction of sp³-hybridized carbons (Fsp3) is 0.444. The van der Waals surface area contributed by atoms with Crippen LogP contribution < -0.4 is 0 Å². The van der Waals surface area contributed by atoms with Crippen molar-refractivity contribution in [1.82, 2.24) is 0 Å². The van der Waals surface area contributed by atoms with Gasteiger partial charge in [-0.3, -0.25) is 0 Å². The summed E-state index contributed by atoms with van der Waals surface area (Å²) in [6, 6.07) is 2.00. The van der Waals surface area contributed by atoms with E-state index in [1.807, 2.05) is 18.4 Å². The highest BCUT2D eigenvalue weighted by molar-refractivity contribution is 8.02. The SMILES string of the molecule is C=C(C#N)/C=C(/CCC)SC. The van der Waals surface area contributed by atoms with Gasteiger partial charge in [-0.15, -0.1) is 11.8 Å². The van der Waals surface area contributed by atoms with Crippen molar-refractivity contribution in [1.29, 1.82) is 5.26 Å². The predicted octanol–water partition coefficient (Wildman–Crippen LogP) is 3.11. The fourth-order valence-corrected chi connectivity index (χ4v) is 1.37. The number of nitriles is 1. The zero-order valence-corrected chi connectivity index (χ0v) is 7.87. The first-order valence-electron chi connectivity index (χ1n) is 3.58. The van der Waals surface area contributed by atoms with E-state index in [-0.39, 0.29) is 0 Å². The minimum absolute atomic E-state index is 0.544. The molecule has 0 aliphatic rings. The first kappa shape index (κ1) is 10.3. The molecule has 0 fully saturated rings. The summed E-state index contributed by atoms with van der Waals surface area (Å²) in [6.45, 7) is 5.72. The Morgan fingerprint density at radius 2 is 2.36 bits per heavy atom. The summed E-state index contributed by atoms with van der Waals surface area (Å²) in [6.07, 6.45) is 6.04. The average Bonchev–Trinajstić information content (AvgIpc) is 2.03. The van der Waals surface area contributed by atoms with Gasteiger partial charge in [-0.25, -0.2) is 0 Å². The molecule has 60 valence electrons. The van der Waals surface area contributed by atoms with Gasteiger partial charge < -0.3 is 0 Å². The molecule has 11 heavy (non-hydrogen) atoms. The smallest absolute Gasteiger partial charge is 0.0985 e. The van der Waals surface area contributed by atoms with Crippen LogP contribution in [0.4, 0.5) is 0 Å². The van der Waals surface area contributed by atoms with Crippen LogP contribution in [0.3, 0.4) is 0 Å². The summed E-state index contributed by atoms with van der Waals surface area (Å²) in [5.41, 5.74) is 0.544. The van der Waals surface area contributed by atoms with Crippen molar-refractivity contribution in [2.75, 3.05) is 6.26 Å². The van der Waals surface area contributed by atoms with Gasteiger partial charge in [0.1, 0.15) is 0 Å². The van der Waals surface area contributed by atoms with Gasteiger partial charge >= 0.3 is 0 Å². The Labute approximate surface area is 72.8 Å². The molecule has 0 spiro atoms. The summed E-state index contributed by atoms with van der Waals surface area (Å²) in [5, 5.41) is 8.44. The van der Waals surface area contributed by atoms with Gasteiger partial charge in [0.2, 0.25) is 0 Å². The van der Waals surface area contributed by atoms with Crippen molar-refractivity contribution in [3.63, 3.8) is 0 Å². The third kappa shape index (κ3) is 4.69. The molecule has 0 aliphatic heterocycles. The van der Waals surface area contributed by atoms with Crippen LogP contribution in [-0.4, -0.2) is 6.26 Å². The van der Waals surface area contributed by atoms with Crippen LogP contribution in [0, 0.1) is 11.3 Å².